The first-order chi connectivity index (χ1) is 11.8. The maximum Gasteiger partial charge on any atom is 0.417 e. The topological polar surface area (TPSA) is 39.7 Å². The fourth-order valence-corrected chi connectivity index (χ4v) is 3.68. The SMILES string of the molecule is CN1CCCC1C(=O)N1CCN(c2ncc(C(F)(F)F)cc2Cl)CC1. The molecule has 1 aromatic heterocycles. The average Bonchev–Trinajstić information content (AvgIpc) is 2.99. The highest BCUT2D eigenvalue weighted by Crippen LogP contribution is 2.33. The van der Waals surface area contributed by atoms with Crippen LogP contribution in [0.15, 0.2) is 12.3 Å². The van der Waals surface area contributed by atoms with E-state index in [4.69, 9.17) is 11.6 Å². The normalized spacial score (nSPS) is 22.5. The molecule has 0 bridgehead atoms. The summed E-state index contributed by atoms with van der Waals surface area (Å²) in [4.78, 5) is 22.2. The quantitative estimate of drug-likeness (QED) is 0.795. The number of nitrogens with zero attached hydrogens (tertiary/aromatic N) is 4. The fraction of sp³-hybridized carbons (Fsp3) is 0.625. The van der Waals surface area contributed by atoms with Crippen LogP contribution < -0.4 is 4.90 Å². The Hall–Kier alpha value is -1.54. The number of carbonyl (C=O) groups excluding carboxylic acids is 1. The van der Waals surface area contributed by atoms with E-state index in [2.05, 4.69) is 9.88 Å². The molecule has 2 aliphatic rings. The van der Waals surface area contributed by atoms with Crippen LogP contribution in [0, 0.1) is 0 Å². The fourth-order valence-electron chi connectivity index (χ4n) is 3.39. The van der Waals surface area contributed by atoms with Crippen molar-refractivity contribution in [2.24, 2.45) is 0 Å². The Morgan fingerprint density at radius 2 is 1.92 bits per heavy atom. The molecule has 0 saturated carbocycles. The number of carbonyl (C=O) groups is 1. The van der Waals surface area contributed by atoms with Crippen LogP contribution in [-0.2, 0) is 11.0 Å². The average molecular weight is 377 g/mol. The summed E-state index contributed by atoms with van der Waals surface area (Å²) in [5.74, 6) is 0.464. The molecule has 5 nitrogen and oxygen atoms in total. The third-order valence-corrected chi connectivity index (χ3v) is 5.12. The molecule has 25 heavy (non-hydrogen) atoms. The molecule has 2 saturated heterocycles. The van der Waals surface area contributed by atoms with Gasteiger partial charge in [-0.05, 0) is 32.5 Å². The molecule has 1 unspecified atom stereocenters. The number of rotatable bonds is 2. The molecule has 138 valence electrons. The van der Waals surface area contributed by atoms with Gasteiger partial charge in [0.1, 0.15) is 5.82 Å². The second-order valence-electron chi connectivity index (χ2n) is 6.48. The minimum absolute atomic E-state index is 0.0230. The van der Waals surface area contributed by atoms with Gasteiger partial charge in [-0.15, -0.1) is 0 Å². The highest BCUT2D eigenvalue weighted by Gasteiger charge is 2.34. The van der Waals surface area contributed by atoms with Crippen molar-refractivity contribution >= 4 is 23.3 Å². The van der Waals surface area contributed by atoms with Crippen molar-refractivity contribution in [3.63, 3.8) is 0 Å². The number of likely N-dealkylation sites (tertiary alicyclic amines) is 1. The number of piperazine rings is 1. The number of anilines is 1. The van der Waals surface area contributed by atoms with E-state index >= 15 is 0 Å². The van der Waals surface area contributed by atoms with E-state index in [1.54, 1.807) is 0 Å². The molecular formula is C16H20ClF3N4O. The molecule has 2 fully saturated rings. The molecule has 0 aromatic carbocycles. The van der Waals surface area contributed by atoms with Gasteiger partial charge in [-0.3, -0.25) is 9.69 Å². The summed E-state index contributed by atoms with van der Waals surface area (Å²) in [6.07, 6.45) is -1.76. The Morgan fingerprint density at radius 1 is 1.24 bits per heavy atom. The van der Waals surface area contributed by atoms with E-state index in [9.17, 15) is 18.0 Å². The van der Waals surface area contributed by atoms with Crippen LogP contribution in [0.5, 0.6) is 0 Å². The smallest absolute Gasteiger partial charge is 0.352 e. The summed E-state index contributed by atoms with van der Waals surface area (Å²) >= 11 is 6.00. The zero-order valence-corrected chi connectivity index (χ0v) is 14.6. The molecule has 0 N–H and O–H groups in total. The summed E-state index contributed by atoms with van der Waals surface area (Å²) in [5, 5.41) is -0.0230. The van der Waals surface area contributed by atoms with Crippen molar-refractivity contribution in [1.82, 2.24) is 14.8 Å². The van der Waals surface area contributed by atoms with E-state index in [-0.39, 0.29) is 17.0 Å². The first-order valence-corrected chi connectivity index (χ1v) is 8.62. The molecule has 2 aliphatic heterocycles. The summed E-state index contributed by atoms with van der Waals surface area (Å²) < 4.78 is 38.1. The largest absolute Gasteiger partial charge is 0.417 e. The third-order valence-electron chi connectivity index (χ3n) is 4.85. The first-order valence-electron chi connectivity index (χ1n) is 8.24. The van der Waals surface area contributed by atoms with Gasteiger partial charge in [0.05, 0.1) is 16.6 Å². The predicted octanol–water partition coefficient (Wildman–Crippen LogP) is 2.50. The molecular weight excluding hydrogens is 357 g/mol. The zero-order valence-electron chi connectivity index (χ0n) is 13.9. The van der Waals surface area contributed by atoms with Gasteiger partial charge in [0.15, 0.2) is 0 Å². The molecule has 0 radical (unpaired) electrons. The lowest BCUT2D eigenvalue weighted by molar-refractivity contribution is -0.138. The second kappa shape index (κ2) is 6.99. The lowest BCUT2D eigenvalue weighted by Crippen LogP contribution is -2.53. The highest BCUT2D eigenvalue weighted by atomic mass is 35.5. The van der Waals surface area contributed by atoms with Gasteiger partial charge in [0.2, 0.25) is 5.91 Å². The molecule has 3 heterocycles. The van der Waals surface area contributed by atoms with Gasteiger partial charge in [-0.2, -0.15) is 13.2 Å². The summed E-state index contributed by atoms with van der Waals surface area (Å²) in [6, 6.07) is 0.842. The van der Waals surface area contributed by atoms with Crippen molar-refractivity contribution in [2.45, 2.75) is 25.1 Å². The van der Waals surface area contributed by atoms with Crippen molar-refractivity contribution in [1.29, 1.82) is 0 Å². The van der Waals surface area contributed by atoms with Crippen LogP contribution in [0.4, 0.5) is 19.0 Å². The molecule has 1 aromatic rings. The summed E-state index contributed by atoms with van der Waals surface area (Å²) in [7, 11) is 1.96. The maximum absolute atomic E-state index is 12.7. The van der Waals surface area contributed by atoms with Gasteiger partial charge < -0.3 is 9.80 Å². The van der Waals surface area contributed by atoms with Crippen molar-refractivity contribution in [2.75, 3.05) is 44.7 Å². The number of hydrogen-bond acceptors (Lipinski definition) is 4. The van der Waals surface area contributed by atoms with Crippen LogP contribution in [0.2, 0.25) is 5.02 Å². The third kappa shape index (κ3) is 3.84. The minimum atomic E-state index is -4.46. The number of halogens is 4. The molecule has 1 amide bonds. The number of aromatic nitrogens is 1. The minimum Gasteiger partial charge on any atom is -0.352 e. The Balaban J connectivity index is 1.63. The molecule has 0 aliphatic carbocycles. The van der Waals surface area contributed by atoms with Crippen molar-refractivity contribution in [3.05, 3.63) is 22.8 Å². The molecule has 3 rings (SSSR count). The molecule has 0 spiro atoms. The van der Waals surface area contributed by atoms with E-state index in [1.165, 1.54) is 0 Å². The Labute approximate surface area is 149 Å². The van der Waals surface area contributed by atoms with E-state index < -0.39 is 11.7 Å². The Bertz CT molecular complexity index is 647. The van der Waals surface area contributed by atoms with Gasteiger partial charge in [-0.1, -0.05) is 11.6 Å². The number of hydrogen-bond donors (Lipinski definition) is 0. The molecule has 1 atom stereocenters. The van der Waals surface area contributed by atoms with Crippen molar-refractivity contribution in [3.8, 4) is 0 Å². The Kier molecular flexibility index (Phi) is 5.11. The van der Waals surface area contributed by atoms with Crippen LogP contribution in [0.1, 0.15) is 18.4 Å². The van der Waals surface area contributed by atoms with Crippen LogP contribution in [-0.4, -0.2) is 66.5 Å². The maximum atomic E-state index is 12.7. The van der Waals surface area contributed by atoms with Gasteiger partial charge >= 0.3 is 6.18 Å². The number of amides is 1. The first kappa shape index (κ1) is 18.3. The van der Waals surface area contributed by atoms with E-state index in [0.29, 0.717) is 32.0 Å². The number of alkyl halides is 3. The number of likely N-dealkylation sites (N-methyl/N-ethyl adjacent to an activating group) is 1. The lowest BCUT2D eigenvalue weighted by Gasteiger charge is -2.37. The second-order valence-corrected chi connectivity index (χ2v) is 6.89. The lowest BCUT2D eigenvalue weighted by atomic mass is 10.1. The van der Waals surface area contributed by atoms with Gasteiger partial charge in [0, 0.05) is 32.4 Å². The van der Waals surface area contributed by atoms with Crippen LogP contribution in [0.25, 0.3) is 0 Å². The molecule has 9 heteroatoms. The van der Waals surface area contributed by atoms with Gasteiger partial charge in [0.25, 0.3) is 0 Å². The van der Waals surface area contributed by atoms with Crippen molar-refractivity contribution < 1.29 is 18.0 Å². The van der Waals surface area contributed by atoms with Gasteiger partial charge in [-0.25, -0.2) is 4.98 Å². The van der Waals surface area contributed by atoms with E-state index in [0.717, 1.165) is 31.6 Å². The summed E-state index contributed by atoms with van der Waals surface area (Å²) in [5.41, 5.74) is -0.862. The van der Waals surface area contributed by atoms with E-state index in [1.807, 2.05) is 16.8 Å². The zero-order chi connectivity index (χ0) is 18.2. The number of pyridine rings is 1. The highest BCUT2D eigenvalue weighted by molar-refractivity contribution is 6.33. The monoisotopic (exact) mass is 376 g/mol. The summed E-state index contributed by atoms with van der Waals surface area (Å²) in [6.45, 7) is 2.96. The predicted molar refractivity (Wildman–Crippen MR) is 88.7 cm³/mol. The van der Waals surface area contributed by atoms with Crippen LogP contribution in [0.3, 0.4) is 0 Å². The standard InChI is InChI=1S/C16H20ClF3N4O/c1-22-4-2-3-13(22)15(25)24-7-5-23(6-8-24)14-12(17)9-11(10-21-14)16(18,19)20/h9-10,13H,2-8H2,1H3. The Morgan fingerprint density at radius 3 is 2.44 bits per heavy atom. The van der Waals surface area contributed by atoms with Crippen LogP contribution >= 0.6 is 11.6 Å².